The molecule has 3 nitrogen and oxygen atoms in total. The number of rotatable bonds is 0. The molecule has 0 fully saturated rings. The summed E-state index contributed by atoms with van der Waals surface area (Å²) in [5.41, 5.74) is 3.88. The van der Waals surface area contributed by atoms with E-state index in [0.29, 0.717) is 0 Å². The zero-order valence-electron chi connectivity index (χ0n) is 5.34. The molecule has 11 heavy (non-hydrogen) atoms. The summed E-state index contributed by atoms with van der Waals surface area (Å²) in [6.07, 6.45) is 0. The molecule has 0 saturated heterocycles. The molecule has 1 N–H and O–H groups in total. The van der Waals surface area contributed by atoms with Gasteiger partial charge < -0.3 is 4.84 Å². The lowest BCUT2D eigenvalue weighted by Crippen LogP contribution is -2.14. The summed E-state index contributed by atoms with van der Waals surface area (Å²) in [5, 5.41) is 0. The van der Waals surface area contributed by atoms with Crippen LogP contribution in [0.5, 0.6) is 5.75 Å². The third-order valence-corrected chi connectivity index (χ3v) is 2.14. The summed E-state index contributed by atoms with van der Waals surface area (Å²) < 4.78 is 2.40. The number of hydrogen-bond acceptors (Lipinski definition) is 3. The lowest BCUT2D eigenvalue weighted by molar-refractivity contribution is 0.111. The van der Waals surface area contributed by atoms with Crippen molar-refractivity contribution in [3.05, 3.63) is 22.7 Å². The quantitative estimate of drug-likeness (QED) is 0.739. The van der Waals surface area contributed by atoms with Gasteiger partial charge in [-0.1, -0.05) is 15.9 Å². The van der Waals surface area contributed by atoms with Gasteiger partial charge in [-0.3, -0.25) is 5.43 Å². The number of fused-ring (bicyclic) bond motifs is 1. The predicted octanol–water partition coefficient (Wildman–Crippen LogP) is 2.70. The van der Waals surface area contributed by atoms with Gasteiger partial charge in [-0.05, 0) is 18.2 Å². The average Bonchev–Trinajstić information content (AvgIpc) is 2.27. The third kappa shape index (κ3) is 1.36. The SMILES string of the molecule is Brc1ccc2c(c1)NN(Br)O2. The maximum atomic E-state index is 5.18. The van der Waals surface area contributed by atoms with Crippen LogP contribution in [0.2, 0.25) is 0 Å². The van der Waals surface area contributed by atoms with Crippen LogP contribution in [-0.2, 0) is 0 Å². The molecule has 0 saturated carbocycles. The maximum absolute atomic E-state index is 5.18. The molecule has 0 unspecified atom stereocenters. The van der Waals surface area contributed by atoms with E-state index >= 15 is 0 Å². The fraction of sp³-hybridized carbons (Fsp3) is 0. The molecule has 1 aromatic carbocycles. The molecular weight excluding hydrogens is 276 g/mol. The van der Waals surface area contributed by atoms with Crippen molar-refractivity contribution >= 4 is 37.8 Å². The van der Waals surface area contributed by atoms with Crippen molar-refractivity contribution in [1.29, 1.82) is 0 Å². The summed E-state index contributed by atoms with van der Waals surface area (Å²) in [6.45, 7) is 0. The molecule has 2 rings (SSSR count). The number of halogens is 2. The van der Waals surface area contributed by atoms with E-state index in [2.05, 4.69) is 37.5 Å². The van der Waals surface area contributed by atoms with E-state index < -0.39 is 0 Å². The fourth-order valence-corrected chi connectivity index (χ4v) is 1.58. The Hall–Kier alpha value is -0.260. The van der Waals surface area contributed by atoms with Crippen molar-refractivity contribution in [3.63, 3.8) is 0 Å². The standard InChI is InChI=1S/C6H4Br2N2O/c7-4-1-2-6-5(3-4)9-10(8)11-6/h1-3,9H. The van der Waals surface area contributed by atoms with Crippen molar-refractivity contribution in [3.8, 4) is 5.75 Å². The van der Waals surface area contributed by atoms with E-state index in [1.807, 2.05) is 18.2 Å². The first-order chi connectivity index (χ1) is 5.25. The molecule has 5 heteroatoms. The molecule has 1 aliphatic heterocycles. The smallest absolute Gasteiger partial charge is 0.175 e. The van der Waals surface area contributed by atoms with Gasteiger partial charge in [0, 0.05) is 8.67 Å². The maximum Gasteiger partial charge on any atom is 0.175 e. The molecule has 0 aliphatic carbocycles. The normalized spacial score (nSPS) is 15.5. The van der Waals surface area contributed by atoms with E-state index in [1.54, 1.807) is 0 Å². The second-order valence-corrected chi connectivity index (χ2v) is 3.65. The van der Waals surface area contributed by atoms with Crippen LogP contribution in [0.15, 0.2) is 22.7 Å². The van der Waals surface area contributed by atoms with Gasteiger partial charge in [0.25, 0.3) is 0 Å². The Balaban J connectivity index is 2.43. The molecule has 0 amide bonds. The molecule has 1 aromatic rings. The first-order valence-corrected chi connectivity index (χ1v) is 4.46. The lowest BCUT2D eigenvalue weighted by Gasteiger charge is -2.01. The van der Waals surface area contributed by atoms with Gasteiger partial charge in [0.15, 0.2) is 5.75 Å². The first-order valence-electron chi connectivity index (χ1n) is 2.96. The topological polar surface area (TPSA) is 24.5 Å². The van der Waals surface area contributed by atoms with Crippen LogP contribution < -0.4 is 10.3 Å². The van der Waals surface area contributed by atoms with Crippen molar-refractivity contribution in [2.24, 2.45) is 0 Å². The van der Waals surface area contributed by atoms with Gasteiger partial charge in [0.1, 0.15) is 0 Å². The Bertz CT molecular complexity index is 292. The molecule has 58 valence electrons. The van der Waals surface area contributed by atoms with Gasteiger partial charge in [-0.2, -0.15) is 0 Å². The zero-order chi connectivity index (χ0) is 7.84. The van der Waals surface area contributed by atoms with Crippen LogP contribution in [0.3, 0.4) is 0 Å². The van der Waals surface area contributed by atoms with E-state index in [9.17, 15) is 0 Å². The number of nitrogens with one attached hydrogen (secondary N) is 1. The second kappa shape index (κ2) is 2.66. The first kappa shape index (κ1) is 7.39. The second-order valence-electron chi connectivity index (χ2n) is 2.09. The molecule has 1 heterocycles. The van der Waals surface area contributed by atoms with Gasteiger partial charge in [0.05, 0.1) is 21.8 Å². The minimum absolute atomic E-state index is 0.810. The van der Waals surface area contributed by atoms with Crippen LogP contribution in [0.4, 0.5) is 5.69 Å². The van der Waals surface area contributed by atoms with Crippen molar-refractivity contribution in [2.45, 2.75) is 0 Å². The molecule has 0 radical (unpaired) electrons. The van der Waals surface area contributed by atoms with Gasteiger partial charge in [0.2, 0.25) is 0 Å². The Morgan fingerprint density at radius 3 is 3.09 bits per heavy atom. The van der Waals surface area contributed by atoms with Crippen LogP contribution in [0, 0.1) is 0 Å². The van der Waals surface area contributed by atoms with E-state index in [0.717, 1.165) is 15.9 Å². The molecule has 0 aromatic heterocycles. The summed E-state index contributed by atoms with van der Waals surface area (Å²) in [6, 6.07) is 5.75. The zero-order valence-corrected chi connectivity index (χ0v) is 8.52. The molecule has 0 bridgehead atoms. The molecular formula is C6H4Br2N2O. The molecule has 1 aliphatic rings. The monoisotopic (exact) mass is 278 g/mol. The Kier molecular flexibility index (Phi) is 1.78. The minimum atomic E-state index is 0.810. The van der Waals surface area contributed by atoms with Gasteiger partial charge in [-0.25, -0.2) is 0 Å². The predicted molar refractivity (Wildman–Crippen MR) is 49.2 cm³/mol. The number of nitrogens with zero attached hydrogens (tertiary/aromatic N) is 1. The van der Waals surface area contributed by atoms with E-state index in [4.69, 9.17) is 4.84 Å². The highest BCUT2D eigenvalue weighted by atomic mass is 79.9. The highest BCUT2D eigenvalue weighted by molar-refractivity contribution is 9.10. The van der Waals surface area contributed by atoms with Gasteiger partial charge >= 0.3 is 0 Å². The Morgan fingerprint density at radius 2 is 2.27 bits per heavy atom. The Morgan fingerprint density at radius 1 is 1.45 bits per heavy atom. The number of hydrogen-bond donors (Lipinski definition) is 1. The fourth-order valence-electron chi connectivity index (χ4n) is 0.873. The highest BCUT2D eigenvalue weighted by Crippen LogP contribution is 2.34. The summed E-state index contributed by atoms with van der Waals surface area (Å²) >= 11 is 6.48. The largest absolute Gasteiger partial charge is 0.373 e. The van der Waals surface area contributed by atoms with Crippen molar-refractivity contribution in [1.82, 2.24) is 4.20 Å². The van der Waals surface area contributed by atoms with Crippen LogP contribution in [0.1, 0.15) is 0 Å². The summed E-state index contributed by atoms with van der Waals surface area (Å²) in [4.78, 5) is 5.18. The van der Waals surface area contributed by atoms with E-state index in [-0.39, 0.29) is 0 Å². The minimum Gasteiger partial charge on any atom is -0.373 e. The number of benzene rings is 1. The van der Waals surface area contributed by atoms with E-state index in [1.165, 1.54) is 4.20 Å². The summed E-state index contributed by atoms with van der Waals surface area (Å²) in [5.74, 6) is 0.810. The van der Waals surface area contributed by atoms with Crippen LogP contribution >= 0.6 is 32.1 Å². The Labute approximate surface area is 80.7 Å². The van der Waals surface area contributed by atoms with Crippen LogP contribution in [0.25, 0.3) is 0 Å². The highest BCUT2D eigenvalue weighted by Gasteiger charge is 2.17. The molecule has 0 atom stereocenters. The average molecular weight is 280 g/mol. The van der Waals surface area contributed by atoms with Gasteiger partial charge in [-0.15, -0.1) is 0 Å². The van der Waals surface area contributed by atoms with Crippen molar-refractivity contribution < 1.29 is 4.84 Å². The van der Waals surface area contributed by atoms with Crippen LogP contribution in [-0.4, -0.2) is 4.20 Å². The number of anilines is 1. The third-order valence-electron chi connectivity index (χ3n) is 1.33. The number of hydrazine groups is 1. The molecule has 0 spiro atoms. The lowest BCUT2D eigenvalue weighted by atomic mass is 10.3. The summed E-state index contributed by atoms with van der Waals surface area (Å²) in [7, 11) is 0. The van der Waals surface area contributed by atoms with Crippen molar-refractivity contribution in [2.75, 3.05) is 5.43 Å².